The van der Waals surface area contributed by atoms with Crippen molar-refractivity contribution < 1.29 is 8.42 Å². The normalized spacial score (nSPS) is 11.5. The van der Waals surface area contributed by atoms with Crippen LogP contribution in [0.15, 0.2) is 38.3 Å². The maximum atomic E-state index is 12.1. The molecule has 96 valence electrons. The van der Waals surface area contributed by atoms with Crippen molar-refractivity contribution >= 4 is 65.6 Å². The van der Waals surface area contributed by atoms with Gasteiger partial charge in [0.25, 0.3) is 10.0 Å². The molecular formula is C11H9BrINO2S2. The minimum absolute atomic E-state index is 0.290. The Morgan fingerprint density at radius 1 is 1.33 bits per heavy atom. The van der Waals surface area contributed by atoms with E-state index in [4.69, 9.17) is 0 Å². The van der Waals surface area contributed by atoms with Gasteiger partial charge in [-0.15, -0.1) is 11.3 Å². The van der Waals surface area contributed by atoms with Crippen LogP contribution in [0.1, 0.15) is 5.56 Å². The number of anilines is 1. The first-order chi connectivity index (χ1) is 8.40. The molecule has 0 bridgehead atoms. The number of hydrogen-bond donors (Lipinski definition) is 1. The fourth-order valence-electron chi connectivity index (χ4n) is 1.33. The van der Waals surface area contributed by atoms with E-state index in [-0.39, 0.29) is 4.21 Å². The number of thiophene rings is 1. The van der Waals surface area contributed by atoms with E-state index in [9.17, 15) is 8.42 Å². The molecule has 0 radical (unpaired) electrons. The number of halogens is 2. The smallest absolute Gasteiger partial charge is 0.272 e. The van der Waals surface area contributed by atoms with Crippen molar-refractivity contribution in [2.45, 2.75) is 11.1 Å². The van der Waals surface area contributed by atoms with Crippen molar-refractivity contribution in [3.63, 3.8) is 0 Å². The highest BCUT2D eigenvalue weighted by molar-refractivity contribution is 14.1. The molecule has 0 atom stereocenters. The van der Waals surface area contributed by atoms with Crippen LogP contribution in [0, 0.1) is 10.5 Å². The van der Waals surface area contributed by atoms with Crippen LogP contribution in [0.4, 0.5) is 5.69 Å². The Labute approximate surface area is 132 Å². The summed E-state index contributed by atoms with van der Waals surface area (Å²) in [7, 11) is -3.51. The zero-order valence-electron chi connectivity index (χ0n) is 9.28. The number of sulfonamides is 1. The Morgan fingerprint density at radius 3 is 2.61 bits per heavy atom. The molecule has 2 rings (SSSR count). The molecule has 18 heavy (non-hydrogen) atoms. The molecule has 3 nitrogen and oxygen atoms in total. The topological polar surface area (TPSA) is 46.2 Å². The van der Waals surface area contributed by atoms with Gasteiger partial charge in [0, 0.05) is 13.7 Å². The number of aryl methyl sites for hydroxylation is 1. The molecule has 2 aromatic rings. The van der Waals surface area contributed by atoms with Crippen molar-refractivity contribution in [3.05, 3.63) is 43.3 Å². The van der Waals surface area contributed by atoms with E-state index in [0.717, 1.165) is 9.13 Å². The lowest BCUT2D eigenvalue weighted by atomic mass is 10.2. The average molecular weight is 458 g/mol. The van der Waals surface area contributed by atoms with Crippen LogP contribution in [0.2, 0.25) is 0 Å². The summed E-state index contributed by atoms with van der Waals surface area (Å²) in [6, 6.07) is 7.19. The van der Waals surface area contributed by atoms with E-state index >= 15 is 0 Å². The first-order valence-electron chi connectivity index (χ1n) is 4.92. The molecule has 1 aromatic heterocycles. The van der Waals surface area contributed by atoms with Gasteiger partial charge in [-0.1, -0.05) is 6.07 Å². The van der Waals surface area contributed by atoms with E-state index in [0.29, 0.717) is 10.2 Å². The summed E-state index contributed by atoms with van der Waals surface area (Å²) in [6.45, 7) is 1.98. The molecule has 0 aliphatic heterocycles. The lowest BCUT2D eigenvalue weighted by Crippen LogP contribution is -2.12. The standard InChI is InChI=1S/C11H9BrINO2S2/c1-7-2-3-8(6-10(7)13)14-18(15,16)11-9(12)4-5-17-11/h2-6,14H,1H3. The first kappa shape index (κ1) is 14.3. The zero-order valence-corrected chi connectivity index (χ0v) is 14.7. The molecule has 0 unspecified atom stereocenters. The van der Waals surface area contributed by atoms with Crippen molar-refractivity contribution in [2.24, 2.45) is 0 Å². The molecule has 0 aliphatic carbocycles. The fraction of sp³-hybridized carbons (Fsp3) is 0.0909. The Bertz CT molecular complexity index is 682. The largest absolute Gasteiger partial charge is 0.279 e. The Kier molecular flexibility index (Phi) is 4.35. The average Bonchev–Trinajstić information content (AvgIpc) is 2.70. The van der Waals surface area contributed by atoms with E-state index in [1.54, 1.807) is 17.5 Å². The van der Waals surface area contributed by atoms with Gasteiger partial charge in [0.1, 0.15) is 0 Å². The second kappa shape index (κ2) is 5.48. The summed E-state index contributed by atoms with van der Waals surface area (Å²) in [4.78, 5) is 0. The molecule has 1 aromatic carbocycles. The van der Waals surface area contributed by atoms with Gasteiger partial charge < -0.3 is 0 Å². The highest BCUT2D eigenvalue weighted by Gasteiger charge is 2.19. The molecule has 0 fully saturated rings. The van der Waals surface area contributed by atoms with Gasteiger partial charge in [0.2, 0.25) is 0 Å². The van der Waals surface area contributed by atoms with E-state index in [1.807, 2.05) is 19.1 Å². The second-order valence-electron chi connectivity index (χ2n) is 3.63. The summed E-state index contributed by atoms with van der Waals surface area (Å²) in [5.74, 6) is 0. The molecule has 0 saturated carbocycles. The highest BCUT2D eigenvalue weighted by Crippen LogP contribution is 2.29. The predicted octanol–water partition coefficient (Wildman–Crippen LogP) is 4.22. The predicted molar refractivity (Wildman–Crippen MR) is 86.7 cm³/mol. The lowest BCUT2D eigenvalue weighted by Gasteiger charge is -2.08. The molecule has 1 N–H and O–H groups in total. The molecule has 0 spiro atoms. The van der Waals surface area contributed by atoms with E-state index < -0.39 is 10.0 Å². The Hall–Kier alpha value is -0.120. The molecule has 1 heterocycles. The third kappa shape index (κ3) is 3.06. The van der Waals surface area contributed by atoms with Crippen LogP contribution in [0.25, 0.3) is 0 Å². The maximum absolute atomic E-state index is 12.1. The second-order valence-corrected chi connectivity index (χ2v) is 8.44. The van der Waals surface area contributed by atoms with Crippen LogP contribution in [0.5, 0.6) is 0 Å². The minimum atomic E-state index is -3.51. The van der Waals surface area contributed by atoms with Crippen LogP contribution in [-0.4, -0.2) is 8.42 Å². The third-order valence-electron chi connectivity index (χ3n) is 2.25. The number of hydrogen-bond acceptors (Lipinski definition) is 3. The summed E-state index contributed by atoms with van der Waals surface area (Å²) in [6.07, 6.45) is 0. The summed E-state index contributed by atoms with van der Waals surface area (Å²) < 4.78 is 28.8. The van der Waals surface area contributed by atoms with Crippen LogP contribution >= 0.6 is 49.9 Å². The summed E-state index contributed by atoms with van der Waals surface area (Å²) >= 11 is 6.60. The van der Waals surface area contributed by atoms with Gasteiger partial charge in [-0.25, -0.2) is 8.42 Å². The lowest BCUT2D eigenvalue weighted by molar-refractivity contribution is 0.603. The monoisotopic (exact) mass is 457 g/mol. The van der Waals surface area contributed by atoms with Gasteiger partial charge >= 0.3 is 0 Å². The van der Waals surface area contributed by atoms with Crippen molar-refractivity contribution in [1.29, 1.82) is 0 Å². The molecule has 7 heteroatoms. The van der Waals surface area contributed by atoms with E-state index in [1.165, 1.54) is 11.3 Å². The van der Waals surface area contributed by atoms with Gasteiger partial charge in [0.15, 0.2) is 4.21 Å². The molecule has 0 aliphatic rings. The van der Waals surface area contributed by atoms with Gasteiger partial charge in [-0.2, -0.15) is 0 Å². The number of benzene rings is 1. The van der Waals surface area contributed by atoms with Gasteiger partial charge in [-0.3, -0.25) is 4.72 Å². The summed E-state index contributed by atoms with van der Waals surface area (Å²) in [5, 5.41) is 1.73. The maximum Gasteiger partial charge on any atom is 0.272 e. The van der Waals surface area contributed by atoms with Crippen LogP contribution in [-0.2, 0) is 10.0 Å². The Balaban J connectivity index is 2.34. The SMILES string of the molecule is Cc1ccc(NS(=O)(=O)c2sccc2Br)cc1I. The van der Waals surface area contributed by atoms with Crippen molar-refractivity contribution in [2.75, 3.05) is 4.72 Å². The Morgan fingerprint density at radius 2 is 2.06 bits per heavy atom. The molecule has 0 amide bonds. The van der Waals surface area contributed by atoms with Gasteiger partial charge in [0.05, 0.1) is 0 Å². The van der Waals surface area contributed by atoms with Crippen LogP contribution < -0.4 is 4.72 Å². The van der Waals surface area contributed by atoms with E-state index in [2.05, 4.69) is 43.2 Å². The number of nitrogens with one attached hydrogen (secondary N) is 1. The third-order valence-corrected chi connectivity index (χ3v) is 7.47. The first-order valence-corrected chi connectivity index (χ1v) is 9.15. The molecule has 0 saturated heterocycles. The van der Waals surface area contributed by atoms with Crippen LogP contribution in [0.3, 0.4) is 0 Å². The molecular weight excluding hydrogens is 449 g/mol. The van der Waals surface area contributed by atoms with Gasteiger partial charge in [-0.05, 0) is 74.6 Å². The zero-order chi connectivity index (χ0) is 13.3. The number of rotatable bonds is 3. The quantitative estimate of drug-likeness (QED) is 0.701. The van der Waals surface area contributed by atoms with Crippen molar-refractivity contribution in [1.82, 2.24) is 0 Å². The highest BCUT2D eigenvalue weighted by atomic mass is 127. The minimum Gasteiger partial charge on any atom is -0.279 e. The van der Waals surface area contributed by atoms with Crippen molar-refractivity contribution in [3.8, 4) is 0 Å². The summed E-state index contributed by atoms with van der Waals surface area (Å²) in [5.41, 5.74) is 1.70. The fourth-order valence-corrected chi connectivity index (χ4v) is 5.23.